The fourth-order valence-corrected chi connectivity index (χ4v) is 1.86. The number of phenols is 1. The average molecular weight is 205 g/mol. The standard InChI is InChI=1S/C10H7NO2S/c12-6-10-11-5-9(14-10)7-2-1-3-8(13)4-7/h1-6,13H. The fourth-order valence-electron chi connectivity index (χ4n) is 1.13. The number of carbonyl (C=O) groups excluding carboxylic acids is 1. The fraction of sp³-hybridized carbons (Fsp3) is 0. The number of phenolic OH excluding ortho intramolecular Hbond substituents is 1. The van der Waals surface area contributed by atoms with Crippen molar-refractivity contribution in [3.8, 4) is 16.2 Å². The van der Waals surface area contributed by atoms with Gasteiger partial charge in [-0.25, -0.2) is 4.98 Å². The maximum absolute atomic E-state index is 10.4. The summed E-state index contributed by atoms with van der Waals surface area (Å²) in [5.41, 5.74) is 0.871. The van der Waals surface area contributed by atoms with Crippen LogP contribution in [-0.4, -0.2) is 16.4 Å². The highest BCUT2D eigenvalue weighted by atomic mass is 32.1. The Bertz CT molecular complexity index is 465. The van der Waals surface area contributed by atoms with Crippen molar-refractivity contribution in [2.45, 2.75) is 0 Å². The van der Waals surface area contributed by atoms with E-state index in [0.717, 1.165) is 16.7 Å². The van der Waals surface area contributed by atoms with Crippen LogP contribution in [-0.2, 0) is 0 Å². The summed E-state index contributed by atoms with van der Waals surface area (Å²) in [6, 6.07) is 6.86. The van der Waals surface area contributed by atoms with Crippen molar-refractivity contribution in [2.75, 3.05) is 0 Å². The van der Waals surface area contributed by atoms with Gasteiger partial charge in [-0.15, -0.1) is 11.3 Å². The van der Waals surface area contributed by atoms with Crippen LogP contribution in [0.25, 0.3) is 10.4 Å². The van der Waals surface area contributed by atoms with Gasteiger partial charge >= 0.3 is 0 Å². The molecule has 0 aliphatic heterocycles. The first-order valence-electron chi connectivity index (χ1n) is 4.00. The normalized spacial score (nSPS) is 10.0. The zero-order valence-electron chi connectivity index (χ0n) is 7.18. The second kappa shape index (κ2) is 3.59. The summed E-state index contributed by atoms with van der Waals surface area (Å²) in [5.74, 6) is 0.212. The Labute approximate surface area is 84.7 Å². The Morgan fingerprint density at radius 2 is 2.29 bits per heavy atom. The Balaban J connectivity index is 2.43. The molecule has 0 bridgehead atoms. The molecule has 0 saturated carbocycles. The minimum Gasteiger partial charge on any atom is -0.508 e. The number of aromatic hydroxyl groups is 1. The molecule has 0 spiro atoms. The predicted molar refractivity (Wildman–Crippen MR) is 54.6 cm³/mol. The molecule has 0 aliphatic carbocycles. The van der Waals surface area contributed by atoms with Gasteiger partial charge in [0, 0.05) is 6.20 Å². The van der Waals surface area contributed by atoms with Crippen molar-refractivity contribution in [2.24, 2.45) is 0 Å². The average Bonchev–Trinajstić information content (AvgIpc) is 2.66. The molecular weight excluding hydrogens is 198 g/mol. The molecule has 0 amide bonds. The van der Waals surface area contributed by atoms with Crippen LogP contribution >= 0.6 is 11.3 Å². The van der Waals surface area contributed by atoms with Gasteiger partial charge in [-0.3, -0.25) is 4.79 Å². The molecule has 1 aromatic heterocycles. The van der Waals surface area contributed by atoms with Crippen LogP contribution in [0.15, 0.2) is 30.5 Å². The monoisotopic (exact) mass is 205 g/mol. The van der Waals surface area contributed by atoms with Crippen molar-refractivity contribution in [3.05, 3.63) is 35.5 Å². The van der Waals surface area contributed by atoms with E-state index in [0.29, 0.717) is 5.01 Å². The van der Waals surface area contributed by atoms with Gasteiger partial charge < -0.3 is 5.11 Å². The van der Waals surface area contributed by atoms with E-state index in [1.807, 2.05) is 6.07 Å². The number of carbonyl (C=O) groups is 1. The Kier molecular flexibility index (Phi) is 2.28. The first-order chi connectivity index (χ1) is 6.79. The molecule has 0 fully saturated rings. The van der Waals surface area contributed by atoms with Gasteiger partial charge in [0.2, 0.25) is 0 Å². The van der Waals surface area contributed by atoms with Crippen molar-refractivity contribution in [3.63, 3.8) is 0 Å². The molecule has 0 radical (unpaired) electrons. The van der Waals surface area contributed by atoms with Crippen LogP contribution in [0.1, 0.15) is 9.80 Å². The van der Waals surface area contributed by atoms with Crippen molar-refractivity contribution in [1.29, 1.82) is 0 Å². The van der Waals surface area contributed by atoms with E-state index in [1.165, 1.54) is 11.3 Å². The second-order valence-corrected chi connectivity index (χ2v) is 3.79. The van der Waals surface area contributed by atoms with E-state index < -0.39 is 0 Å². The largest absolute Gasteiger partial charge is 0.508 e. The predicted octanol–water partition coefficient (Wildman–Crippen LogP) is 2.33. The van der Waals surface area contributed by atoms with E-state index in [4.69, 9.17) is 0 Å². The number of thiazole rings is 1. The number of hydrogen-bond acceptors (Lipinski definition) is 4. The highest BCUT2D eigenvalue weighted by molar-refractivity contribution is 7.16. The van der Waals surface area contributed by atoms with Gasteiger partial charge in [0.25, 0.3) is 0 Å². The zero-order valence-corrected chi connectivity index (χ0v) is 7.99. The number of nitrogens with zero attached hydrogens (tertiary/aromatic N) is 1. The molecule has 2 rings (SSSR count). The lowest BCUT2D eigenvalue weighted by atomic mass is 10.2. The van der Waals surface area contributed by atoms with E-state index in [9.17, 15) is 9.90 Å². The van der Waals surface area contributed by atoms with Gasteiger partial charge in [-0.05, 0) is 17.7 Å². The van der Waals surface area contributed by atoms with E-state index in [2.05, 4.69) is 4.98 Å². The molecular formula is C10H7NO2S. The van der Waals surface area contributed by atoms with Gasteiger partial charge in [-0.1, -0.05) is 12.1 Å². The Morgan fingerprint density at radius 1 is 1.43 bits per heavy atom. The molecule has 4 heteroatoms. The minimum atomic E-state index is 0.212. The lowest BCUT2D eigenvalue weighted by Gasteiger charge is -1.96. The molecule has 0 saturated heterocycles. The molecule has 0 unspecified atom stereocenters. The SMILES string of the molecule is O=Cc1ncc(-c2cccc(O)c2)s1. The number of benzene rings is 1. The van der Waals surface area contributed by atoms with Crippen LogP contribution in [0, 0.1) is 0 Å². The summed E-state index contributed by atoms with van der Waals surface area (Å²) < 4.78 is 0. The van der Waals surface area contributed by atoms with Crippen molar-refractivity contribution in [1.82, 2.24) is 4.98 Å². The van der Waals surface area contributed by atoms with Crippen LogP contribution in [0.4, 0.5) is 0 Å². The molecule has 3 nitrogen and oxygen atoms in total. The summed E-state index contributed by atoms with van der Waals surface area (Å²) >= 11 is 1.30. The lowest BCUT2D eigenvalue weighted by molar-refractivity contribution is 0.112. The molecule has 0 aliphatic rings. The van der Waals surface area contributed by atoms with Crippen LogP contribution in [0.5, 0.6) is 5.75 Å². The van der Waals surface area contributed by atoms with Gasteiger partial charge in [0.05, 0.1) is 4.88 Å². The quantitative estimate of drug-likeness (QED) is 0.765. The van der Waals surface area contributed by atoms with Crippen LogP contribution < -0.4 is 0 Å². The number of rotatable bonds is 2. The van der Waals surface area contributed by atoms with Gasteiger partial charge in [0.15, 0.2) is 11.3 Å². The van der Waals surface area contributed by atoms with Crippen LogP contribution in [0.3, 0.4) is 0 Å². The smallest absolute Gasteiger partial charge is 0.178 e. The molecule has 14 heavy (non-hydrogen) atoms. The molecule has 0 atom stereocenters. The first kappa shape index (κ1) is 8.90. The van der Waals surface area contributed by atoms with Crippen molar-refractivity contribution < 1.29 is 9.90 Å². The summed E-state index contributed by atoms with van der Waals surface area (Å²) in [4.78, 5) is 15.2. The highest BCUT2D eigenvalue weighted by Crippen LogP contribution is 2.27. The van der Waals surface area contributed by atoms with E-state index in [1.54, 1.807) is 24.4 Å². The van der Waals surface area contributed by atoms with Gasteiger partial charge in [-0.2, -0.15) is 0 Å². The second-order valence-electron chi connectivity index (χ2n) is 2.73. The van der Waals surface area contributed by atoms with E-state index >= 15 is 0 Å². The van der Waals surface area contributed by atoms with Crippen molar-refractivity contribution >= 4 is 17.6 Å². The zero-order chi connectivity index (χ0) is 9.97. The maximum Gasteiger partial charge on any atom is 0.178 e. The Hall–Kier alpha value is -1.68. The van der Waals surface area contributed by atoms with E-state index in [-0.39, 0.29) is 5.75 Å². The van der Waals surface area contributed by atoms with Crippen LogP contribution in [0.2, 0.25) is 0 Å². The third-order valence-corrected chi connectivity index (χ3v) is 2.73. The highest BCUT2D eigenvalue weighted by Gasteiger charge is 2.03. The lowest BCUT2D eigenvalue weighted by Crippen LogP contribution is -1.70. The molecule has 1 heterocycles. The summed E-state index contributed by atoms with van der Waals surface area (Å²) in [6.45, 7) is 0. The summed E-state index contributed by atoms with van der Waals surface area (Å²) in [7, 11) is 0. The summed E-state index contributed by atoms with van der Waals surface area (Å²) in [5, 5.41) is 9.70. The maximum atomic E-state index is 10.4. The Morgan fingerprint density at radius 3 is 2.93 bits per heavy atom. The topological polar surface area (TPSA) is 50.2 Å². The van der Waals surface area contributed by atoms with Gasteiger partial charge in [0.1, 0.15) is 5.75 Å². The minimum absolute atomic E-state index is 0.212. The number of hydrogen-bond donors (Lipinski definition) is 1. The number of aldehydes is 1. The molecule has 1 aromatic carbocycles. The summed E-state index contributed by atoms with van der Waals surface area (Å²) in [6.07, 6.45) is 2.35. The first-order valence-corrected chi connectivity index (χ1v) is 4.81. The number of aromatic nitrogens is 1. The molecule has 70 valence electrons. The third-order valence-electron chi connectivity index (χ3n) is 1.76. The molecule has 1 N–H and O–H groups in total. The molecule has 2 aromatic rings. The third kappa shape index (κ3) is 1.65.